The van der Waals surface area contributed by atoms with Gasteiger partial charge in [-0.2, -0.15) is 0 Å². The van der Waals surface area contributed by atoms with E-state index in [4.69, 9.17) is 4.74 Å². The average Bonchev–Trinajstić information content (AvgIpc) is 2.74. The molecule has 0 aliphatic carbocycles. The fourth-order valence-corrected chi connectivity index (χ4v) is 3.85. The molecule has 0 heterocycles. The van der Waals surface area contributed by atoms with E-state index in [1.54, 1.807) is 18.9 Å². The van der Waals surface area contributed by atoms with Gasteiger partial charge in [0.1, 0.15) is 6.61 Å². The summed E-state index contributed by atoms with van der Waals surface area (Å²) in [5, 5.41) is 9.95. The lowest BCUT2D eigenvalue weighted by Crippen LogP contribution is -2.35. The third kappa shape index (κ3) is 7.52. The van der Waals surface area contributed by atoms with Crippen LogP contribution in [0, 0.1) is 8.99 Å². The van der Waals surface area contributed by atoms with Crippen LogP contribution >= 0.6 is 22.6 Å². The standard InChI is InChI=1S/C25H32INO4/c1-24(2,13-14-25(3,22(28)29)20-11-8-12-21(26)17-20)15-16-27(4)23(30)31-18-19-9-6-5-7-10-19/h5-12,17H,13-16,18H2,1-4H3,(H,28,29). The Labute approximate surface area is 198 Å². The lowest BCUT2D eigenvalue weighted by atomic mass is 9.73. The van der Waals surface area contributed by atoms with Crippen LogP contribution in [-0.4, -0.2) is 35.7 Å². The van der Waals surface area contributed by atoms with Crippen molar-refractivity contribution in [1.82, 2.24) is 4.90 Å². The Morgan fingerprint density at radius 3 is 2.29 bits per heavy atom. The summed E-state index contributed by atoms with van der Waals surface area (Å²) >= 11 is 2.21. The van der Waals surface area contributed by atoms with Crippen molar-refractivity contribution in [3.63, 3.8) is 0 Å². The van der Waals surface area contributed by atoms with Gasteiger partial charge in [-0.3, -0.25) is 4.79 Å². The average molecular weight is 537 g/mol. The first kappa shape index (κ1) is 25.2. The molecular formula is C25H32INO4. The van der Waals surface area contributed by atoms with Gasteiger partial charge in [0, 0.05) is 17.2 Å². The van der Waals surface area contributed by atoms with Crippen LogP contribution in [0.15, 0.2) is 54.6 Å². The van der Waals surface area contributed by atoms with Crippen LogP contribution in [0.3, 0.4) is 0 Å². The third-order valence-electron chi connectivity index (χ3n) is 5.88. The molecule has 0 bridgehead atoms. The Hall–Kier alpha value is -2.09. The summed E-state index contributed by atoms with van der Waals surface area (Å²) < 4.78 is 6.40. The van der Waals surface area contributed by atoms with E-state index in [9.17, 15) is 14.7 Å². The van der Waals surface area contributed by atoms with Crippen molar-refractivity contribution in [2.75, 3.05) is 13.6 Å². The molecule has 2 aromatic carbocycles. The van der Waals surface area contributed by atoms with E-state index in [0.29, 0.717) is 13.0 Å². The minimum Gasteiger partial charge on any atom is -0.481 e. The number of carbonyl (C=O) groups is 2. The maximum absolute atomic E-state index is 12.3. The van der Waals surface area contributed by atoms with Crippen molar-refractivity contribution >= 4 is 34.7 Å². The van der Waals surface area contributed by atoms with Crippen molar-refractivity contribution in [1.29, 1.82) is 0 Å². The molecule has 5 nitrogen and oxygen atoms in total. The number of aliphatic carboxylic acids is 1. The Balaban J connectivity index is 1.89. The van der Waals surface area contributed by atoms with E-state index in [-0.39, 0.29) is 18.1 Å². The maximum atomic E-state index is 12.3. The first-order chi connectivity index (χ1) is 14.5. The Kier molecular flexibility index (Phi) is 8.91. The highest BCUT2D eigenvalue weighted by molar-refractivity contribution is 14.1. The summed E-state index contributed by atoms with van der Waals surface area (Å²) in [6, 6.07) is 17.3. The number of hydrogen-bond donors (Lipinski definition) is 1. The first-order valence-corrected chi connectivity index (χ1v) is 11.5. The van der Waals surface area contributed by atoms with Gasteiger partial charge in [-0.1, -0.05) is 56.3 Å². The lowest BCUT2D eigenvalue weighted by Gasteiger charge is -2.32. The molecule has 0 aromatic heterocycles. The molecule has 1 amide bonds. The highest BCUT2D eigenvalue weighted by Crippen LogP contribution is 2.36. The number of benzene rings is 2. The van der Waals surface area contributed by atoms with Crippen LogP contribution in [-0.2, 0) is 21.6 Å². The van der Waals surface area contributed by atoms with E-state index in [1.165, 1.54) is 0 Å². The Bertz CT molecular complexity index is 884. The largest absolute Gasteiger partial charge is 0.481 e. The summed E-state index contributed by atoms with van der Waals surface area (Å²) in [6.45, 7) is 6.83. The van der Waals surface area contributed by atoms with E-state index in [1.807, 2.05) is 54.6 Å². The van der Waals surface area contributed by atoms with Gasteiger partial charge >= 0.3 is 12.1 Å². The molecule has 1 atom stereocenters. The van der Waals surface area contributed by atoms with E-state index >= 15 is 0 Å². The lowest BCUT2D eigenvalue weighted by molar-refractivity contribution is -0.143. The van der Waals surface area contributed by atoms with Crippen LogP contribution in [0.5, 0.6) is 0 Å². The van der Waals surface area contributed by atoms with Gasteiger partial charge in [0.15, 0.2) is 0 Å². The zero-order valence-corrected chi connectivity index (χ0v) is 20.9. The molecule has 1 N–H and O–H groups in total. The van der Waals surface area contributed by atoms with Crippen molar-refractivity contribution in [3.8, 4) is 0 Å². The number of rotatable bonds is 10. The molecule has 168 valence electrons. The van der Waals surface area contributed by atoms with E-state index < -0.39 is 11.4 Å². The molecule has 0 aliphatic heterocycles. The first-order valence-electron chi connectivity index (χ1n) is 10.4. The summed E-state index contributed by atoms with van der Waals surface area (Å²) in [6.07, 6.45) is 1.66. The number of hydrogen-bond acceptors (Lipinski definition) is 3. The number of nitrogens with zero attached hydrogens (tertiary/aromatic N) is 1. The molecular weight excluding hydrogens is 505 g/mol. The van der Waals surface area contributed by atoms with Crippen LogP contribution < -0.4 is 0 Å². The Morgan fingerprint density at radius 2 is 1.68 bits per heavy atom. The molecule has 2 aromatic rings. The molecule has 0 fully saturated rings. The van der Waals surface area contributed by atoms with E-state index in [0.717, 1.165) is 27.5 Å². The molecule has 0 saturated heterocycles. The van der Waals surface area contributed by atoms with Crippen molar-refractivity contribution in [2.45, 2.75) is 52.1 Å². The number of amides is 1. The highest BCUT2D eigenvalue weighted by Gasteiger charge is 2.37. The van der Waals surface area contributed by atoms with Crippen LogP contribution in [0.4, 0.5) is 4.79 Å². The molecule has 0 saturated carbocycles. The normalized spacial score (nSPS) is 13.3. The van der Waals surface area contributed by atoms with Crippen molar-refractivity contribution in [2.24, 2.45) is 5.41 Å². The zero-order valence-electron chi connectivity index (χ0n) is 18.7. The molecule has 0 spiro atoms. The maximum Gasteiger partial charge on any atom is 0.409 e. The van der Waals surface area contributed by atoms with Gasteiger partial charge in [0.05, 0.1) is 5.41 Å². The van der Waals surface area contributed by atoms with Crippen molar-refractivity contribution in [3.05, 3.63) is 69.3 Å². The van der Waals surface area contributed by atoms with Gasteiger partial charge in [0.2, 0.25) is 0 Å². The smallest absolute Gasteiger partial charge is 0.409 e. The summed E-state index contributed by atoms with van der Waals surface area (Å²) in [5.41, 5.74) is 0.711. The minimum atomic E-state index is -0.945. The SMILES string of the molecule is CN(CCC(C)(C)CCC(C)(C(=O)O)c1cccc(I)c1)C(=O)OCc1ccccc1. The molecule has 6 heteroatoms. The monoisotopic (exact) mass is 537 g/mol. The summed E-state index contributed by atoms with van der Waals surface area (Å²) in [5.74, 6) is -0.813. The van der Waals surface area contributed by atoms with Crippen LogP contribution in [0.2, 0.25) is 0 Å². The number of ether oxygens (including phenoxy) is 1. The summed E-state index contributed by atoms with van der Waals surface area (Å²) in [4.78, 5) is 26.0. The molecule has 0 aliphatic rings. The predicted octanol–water partition coefficient (Wildman–Crippen LogP) is 6.10. The third-order valence-corrected chi connectivity index (χ3v) is 6.55. The van der Waals surface area contributed by atoms with Gasteiger partial charge in [-0.25, -0.2) is 4.79 Å². The number of carbonyl (C=O) groups excluding carboxylic acids is 1. The molecule has 2 rings (SSSR count). The highest BCUT2D eigenvalue weighted by atomic mass is 127. The quantitative estimate of drug-likeness (QED) is 0.372. The van der Waals surface area contributed by atoms with Gasteiger partial charge < -0.3 is 14.7 Å². The van der Waals surface area contributed by atoms with E-state index in [2.05, 4.69) is 36.4 Å². The molecule has 0 radical (unpaired) electrons. The van der Waals surface area contributed by atoms with Gasteiger partial charge in [0.25, 0.3) is 0 Å². The Morgan fingerprint density at radius 1 is 1.00 bits per heavy atom. The topological polar surface area (TPSA) is 66.8 Å². The minimum absolute atomic E-state index is 0.118. The second kappa shape index (κ2) is 11.0. The fourth-order valence-electron chi connectivity index (χ4n) is 3.31. The molecule has 1 unspecified atom stereocenters. The van der Waals surface area contributed by atoms with Gasteiger partial charge in [-0.05, 0) is 77.5 Å². The van der Waals surface area contributed by atoms with Crippen LogP contribution in [0.1, 0.15) is 51.2 Å². The summed E-state index contributed by atoms with van der Waals surface area (Å²) in [7, 11) is 1.73. The van der Waals surface area contributed by atoms with Crippen LogP contribution in [0.25, 0.3) is 0 Å². The number of carboxylic acids is 1. The zero-order chi connectivity index (χ0) is 23.1. The predicted molar refractivity (Wildman–Crippen MR) is 131 cm³/mol. The second-order valence-electron chi connectivity index (χ2n) is 9.02. The number of carboxylic acid groups (broad SMARTS) is 1. The van der Waals surface area contributed by atoms with Crippen molar-refractivity contribution < 1.29 is 19.4 Å². The van der Waals surface area contributed by atoms with Gasteiger partial charge in [-0.15, -0.1) is 0 Å². The fraction of sp³-hybridized carbons (Fsp3) is 0.440. The number of halogens is 1. The second-order valence-corrected chi connectivity index (χ2v) is 10.3. The molecule has 31 heavy (non-hydrogen) atoms.